The molecule has 0 spiro atoms. The first kappa shape index (κ1) is 15.8. The molecule has 9 heteroatoms. The van der Waals surface area contributed by atoms with E-state index in [1.165, 1.54) is 24.3 Å². The van der Waals surface area contributed by atoms with Crippen LogP contribution in [0, 0.1) is 0 Å². The van der Waals surface area contributed by atoms with E-state index in [0.29, 0.717) is 5.56 Å². The summed E-state index contributed by atoms with van der Waals surface area (Å²) in [5, 5.41) is 7.70. The predicted molar refractivity (Wildman–Crippen MR) is 77.4 cm³/mol. The molecule has 1 heterocycles. The Bertz CT molecular complexity index is 736. The van der Waals surface area contributed by atoms with Crippen LogP contribution in [0.15, 0.2) is 24.3 Å². The first-order valence-corrected chi connectivity index (χ1v) is 9.57. The summed E-state index contributed by atoms with van der Waals surface area (Å²) in [5.74, 6) is -1.45. The zero-order valence-electron chi connectivity index (χ0n) is 11.0. The van der Waals surface area contributed by atoms with Crippen molar-refractivity contribution in [1.82, 2.24) is 0 Å². The molecule has 0 amide bonds. The summed E-state index contributed by atoms with van der Waals surface area (Å²) in [5.41, 5.74) is 0.835. The average Bonchev–Trinajstić information content (AvgIpc) is 2.72. The molecule has 0 bridgehead atoms. The smallest absolute Gasteiger partial charge is 0.307 e. The average molecular weight is 333 g/mol. The Morgan fingerprint density at radius 3 is 2.38 bits per heavy atom. The maximum atomic E-state index is 12.1. The second kappa shape index (κ2) is 5.64. The van der Waals surface area contributed by atoms with Gasteiger partial charge in [-0.05, 0) is 24.1 Å². The van der Waals surface area contributed by atoms with Crippen molar-refractivity contribution in [1.29, 1.82) is 0 Å². The maximum absolute atomic E-state index is 12.1. The molecule has 7 nitrogen and oxygen atoms in total. The lowest BCUT2D eigenvalue weighted by Crippen LogP contribution is -2.28. The van der Waals surface area contributed by atoms with Gasteiger partial charge in [-0.2, -0.15) is 0 Å². The Morgan fingerprint density at radius 1 is 1.29 bits per heavy atom. The number of sulfonamides is 1. The molecule has 2 N–H and O–H groups in total. The van der Waals surface area contributed by atoms with E-state index in [2.05, 4.69) is 4.72 Å². The van der Waals surface area contributed by atoms with Crippen molar-refractivity contribution in [3.63, 3.8) is 0 Å². The van der Waals surface area contributed by atoms with Crippen LogP contribution in [-0.4, -0.2) is 44.7 Å². The minimum Gasteiger partial charge on any atom is -0.481 e. The standard InChI is InChI=1S/C12H15NO6S2/c14-12(15)7-9-1-3-10(4-2-9)13-21(18,19)11-5-6-20(16,17)8-11/h1-4,11,13H,5-8H2,(H,14,15). The number of aliphatic carboxylic acids is 1. The number of nitrogens with one attached hydrogen (secondary N) is 1. The second-order valence-corrected chi connectivity index (χ2v) is 9.13. The lowest BCUT2D eigenvalue weighted by atomic mass is 10.1. The lowest BCUT2D eigenvalue weighted by Gasteiger charge is -2.12. The van der Waals surface area contributed by atoms with Gasteiger partial charge in [-0.3, -0.25) is 9.52 Å². The summed E-state index contributed by atoms with van der Waals surface area (Å²) in [6.45, 7) is 0. The number of anilines is 1. The Kier molecular flexibility index (Phi) is 4.24. The Morgan fingerprint density at radius 2 is 1.90 bits per heavy atom. The molecule has 1 fully saturated rings. The zero-order chi connectivity index (χ0) is 15.7. The molecule has 1 aromatic rings. The summed E-state index contributed by atoms with van der Waals surface area (Å²) in [7, 11) is -7.04. The molecule has 0 saturated carbocycles. The third-order valence-corrected chi connectivity index (χ3v) is 6.98. The molecular weight excluding hydrogens is 318 g/mol. The van der Waals surface area contributed by atoms with E-state index >= 15 is 0 Å². The number of benzene rings is 1. The molecule has 1 aliphatic rings. The quantitative estimate of drug-likeness (QED) is 0.797. The summed E-state index contributed by atoms with van der Waals surface area (Å²) < 4.78 is 49.2. The fraction of sp³-hybridized carbons (Fsp3) is 0.417. The van der Waals surface area contributed by atoms with Crippen molar-refractivity contribution in [2.75, 3.05) is 16.2 Å². The topological polar surface area (TPSA) is 118 Å². The summed E-state index contributed by atoms with van der Waals surface area (Å²) in [4.78, 5) is 10.5. The minimum atomic E-state index is -3.77. The van der Waals surface area contributed by atoms with Crippen LogP contribution < -0.4 is 4.72 Å². The normalized spacial score (nSPS) is 21.0. The van der Waals surface area contributed by atoms with Gasteiger partial charge in [-0.15, -0.1) is 0 Å². The molecule has 0 radical (unpaired) electrons. The Hall–Kier alpha value is -1.61. The highest BCUT2D eigenvalue weighted by atomic mass is 32.2. The van der Waals surface area contributed by atoms with Crippen molar-refractivity contribution < 1.29 is 26.7 Å². The van der Waals surface area contributed by atoms with Gasteiger partial charge in [0.25, 0.3) is 0 Å². The van der Waals surface area contributed by atoms with E-state index in [9.17, 15) is 21.6 Å². The fourth-order valence-electron chi connectivity index (χ4n) is 2.12. The van der Waals surface area contributed by atoms with Crippen LogP contribution in [0.25, 0.3) is 0 Å². The van der Waals surface area contributed by atoms with Crippen LogP contribution in [0.3, 0.4) is 0 Å². The molecule has 0 aliphatic carbocycles. The van der Waals surface area contributed by atoms with E-state index in [1.54, 1.807) is 0 Å². The number of hydrogen-bond acceptors (Lipinski definition) is 5. The van der Waals surface area contributed by atoms with E-state index in [-0.39, 0.29) is 30.0 Å². The molecule has 2 rings (SSSR count). The van der Waals surface area contributed by atoms with Crippen LogP contribution in [0.1, 0.15) is 12.0 Å². The van der Waals surface area contributed by atoms with Gasteiger partial charge >= 0.3 is 5.97 Å². The van der Waals surface area contributed by atoms with Gasteiger partial charge in [-0.1, -0.05) is 12.1 Å². The monoisotopic (exact) mass is 333 g/mol. The molecule has 0 aromatic heterocycles. The number of carboxylic acid groups (broad SMARTS) is 1. The van der Waals surface area contributed by atoms with Crippen molar-refractivity contribution in [2.24, 2.45) is 0 Å². The van der Waals surface area contributed by atoms with Crippen molar-refractivity contribution >= 4 is 31.5 Å². The van der Waals surface area contributed by atoms with Crippen LogP contribution >= 0.6 is 0 Å². The van der Waals surface area contributed by atoms with Gasteiger partial charge in [0, 0.05) is 5.69 Å². The van der Waals surface area contributed by atoms with Gasteiger partial charge in [-0.25, -0.2) is 16.8 Å². The van der Waals surface area contributed by atoms with Gasteiger partial charge in [0.1, 0.15) is 0 Å². The minimum absolute atomic E-state index is 0.0920. The number of carbonyl (C=O) groups is 1. The molecule has 21 heavy (non-hydrogen) atoms. The van der Waals surface area contributed by atoms with Gasteiger partial charge in [0.15, 0.2) is 9.84 Å². The number of rotatable bonds is 5. The summed E-state index contributed by atoms with van der Waals surface area (Å²) in [6, 6.07) is 5.94. The first-order chi connectivity index (χ1) is 9.68. The maximum Gasteiger partial charge on any atom is 0.307 e. The highest BCUT2D eigenvalue weighted by Crippen LogP contribution is 2.21. The van der Waals surface area contributed by atoms with Crippen LogP contribution in [0.2, 0.25) is 0 Å². The second-order valence-electron chi connectivity index (χ2n) is 4.94. The Labute approximate surface area is 123 Å². The zero-order valence-corrected chi connectivity index (χ0v) is 12.7. The van der Waals surface area contributed by atoms with Crippen LogP contribution in [0.5, 0.6) is 0 Å². The largest absolute Gasteiger partial charge is 0.481 e. The predicted octanol–water partition coefficient (Wildman–Crippen LogP) is 0.243. The molecule has 1 atom stereocenters. The summed E-state index contributed by atoms with van der Waals surface area (Å²) in [6.07, 6.45) is -0.0529. The van der Waals surface area contributed by atoms with Crippen LogP contribution in [0.4, 0.5) is 5.69 Å². The fourth-order valence-corrected chi connectivity index (χ4v) is 6.21. The van der Waals surface area contributed by atoms with Gasteiger partial charge in [0.05, 0.1) is 23.2 Å². The first-order valence-electron chi connectivity index (χ1n) is 6.21. The third kappa shape index (κ3) is 4.18. The molecular formula is C12H15NO6S2. The molecule has 1 saturated heterocycles. The lowest BCUT2D eigenvalue weighted by molar-refractivity contribution is -0.136. The highest BCUT2D eigenvalue weighted by Gasteiger charge is 2.37. The number of sulfone groups is 1. The molecule has 1 unspecified atom stereocenters. The van der Waals surface area contributed by atoms with E-state index in [1.807, 2.05) is 0 Å². The third-order valence-electron chi connectivity index (χ3n) is 3.20. The van der Waals surface area contributed by atoms with Gasteiger partial charge < -0.3 is 5.11 Å². The van der Waals surface area contributed by atoms with Crippen molar-refractivity contribution in [3.8, 4) is 0 Å². The highest BCUT2D eigenvalue weighted by molar-refractivity contribution is 7.97. The van der Waals surface area contributed by atoms with E-state index < -0.39 is 31.1 Å². The Balaban J connectivity index is 2.08. The number of carboxylic acids is 1. The van der Waals surface area contributed by atoms with Crippen LogP contribution in [-0.2, 0) is 31.1 Å². The number of hydrogen-bond donors (Lipinski definition) is 2. The van der Waals surface area contributed by atoms with Crippen molar-refractivity contribution in [2.45, 2.75) is 18.1 Å². The molecule has 1 aliphatic heterocycles. The summed E-state index contributed by atoms with van der Waals surface area (Å²) >= 11 is 0. The van der Waals surface area contributed by atoms with Gasteiger partial charge in [0.2, 0.25) is 10.0 Å². The molecule has 1 aromatic carbocycles. The van der Waals surface area contributed by atoms with E-state index in [4.69, 9.17) is 5.11 Å². The van der Waals surface area contributed by atoms with E-state index in [0.717, 1.165) is 0 Å². The van der Waals surface area contributed by atoms with Crippen molar-refractivity contribution in [3.05, 3.63) is 29.8 Å². The molecule has 116 valence electrons. The SMILES string of the molecule is O=C(O)Cc1ccc(NS(=O)(=O)C2CCS(=O)(=O)C2)cc1.